The van der Waals surface area contributed by atoms with Crippen LogP contribution in [0.1, 0.15) is 42.5 Å². The lowest BCUT2D eigenvalue weighted by Gasteiger charge is -2.41. The molecule has 0 spiro atoms. The number of carbonyl (C=O) groups excluding carboxylic acids is 1. The number of likely N-dealkylation sites (tertiary alicyclic amines) is 1. The first kappa shape index (κ1) is 13.4. The normalized spacial score (nSPS) is 26.1. The molecule has 0 aromatic heterocycles. The number of carbonyl (C=O) groups is 1. The number of nitrogens with zero attached hydrogens (tertiary/aromatic N) is 1. The summed E-state index contributed by atoms with van der Waals surface area (Å²) in [4.78, 5) is 14.4. The van der Waals surface area contributed by atoms with Crippen LogP contribution in [0.5, 0.6) is 0 Å². The Kier molecular flexibility index (Phi) is 3.64. The largest absolute Gasteiger partial charge is 0.396 e. The number of nitrogen functional groups attached to an aromatic ring is 1. The fourth-order valence-electron chi connectivity index (χ4n) is 3.68. The van der Waals surface area contributed by atoms with Gasteiger partial charge in [-0.05, 0) is 36.8 Å². The van der Waals surface area contributed by atoms with Crippen LogP contribution in [0.25, 0.3) is 0 Å². The highest BCUT2D eigenvalue weighted by Gasteiger charge is 2.33. The van der Waals surface area contributed by atoms with E-state index in [0.717, 1.165) is 25.4 Å². The van der Waals surface area contributed by atoms with E-state index in [9.17, 15) is 9.18 Å². The number of para-hydroxylation sites is 1. The molecule has 1 aromatic rings. The topological polar surface area (TPSA) is 46.3 Å². The monoisotopic (exact) mass is 276 g/mol. The predicted octanol–water partition coefficient (Wildman–Crippen LogP) is 3.06. The van der Waals surface area contributed by atoms with Crippen molar-refractivity contribution in [2.75, 3.05) is 18.8 Å². The van der Waals surface area contributed by atoms with Crippen LogP contribution >= 0.6 is 0 Å². The van der Waals surface area contributed by atoms with Gasteiger partial charge in [0.25, 0.3) is 5.91 Å². The van der Waals surface area contributed by atoms with Gasteiger partial charge in [0.15, 0.2) is 0 Å². The van der Waals surface area contributed by atoms with Crippen LogP contribution in [0.4, 0.5) is 10.1 Å². The fraction of sp³-hybridized carbons (Fsp3) is 0.562. The number of nitrogens with two attached hydrogens (primary N) is 1. The zero-order valence-corrected chi connectivity index (χ0v) is 11.6. The number of hydrogen-bond donors (Lipinski definition) is 1. The third-order valence-corrected chi connectivity index (χ3v) is 4.86. The van der Waals surface area contributed by atoms with E-state index in [1.54, 1.807) is 12.1 Å². The second kappa shape index (κ2) is 5.43. The van der Waals surface area contributed by atoms with Crippen LogP contribution in [0.3, 0.4) is 0 Å². The molecule has 1 amide bonds. The van der Waals surface area contributed by atoms with Crippen molar-refractivity contribution >= 4 is 11.6 Å². The van der Waals surface area contributed by atoms with Gasteiger partial charge in [0.1, 0.15) is 5.82 Å². The molecule has 2 aliphatic rings. The van der Waals surface area contributed by atoms with Crippen molar-refractivity contribution in [3.05, 3.63) is 29.6 Å². The Hall–Kier alpha value is -1.58. The minimum atomic E-state index is -0.511. The van der Waals surface area contributed by atoms with Crippen molar-refractivity contribution in [2.24, 2.45) is 11.8 Å². The first-order valence-electron chi connectivity index (χ1n) is 7.50. The summed E-state index contributed by atoms with van der Waals surface area (Å²) in [5, 5.41) is 0. The molecule has 1 heterocycles. The van der Waals surface area contributed by atoms with Crippen LogP contribution in [-0.4, -0.2) is 23.9 Å². The highest BCUT2D eigenvalue weighted by Crippen LogP contribution is 2.36. The van der Waals surface area contributed by atoms with Crippen molar-refractivity contribution in [1.29, 1.82) is 0 Å². The zero-order valence-electron chi connectivity index (χ0n) is 11.6. The minimum Gasteiger partial charge on any atom is -0.396 e. The van der Waals surface area contributed by atoms with E-state index in [-0.39, 0.29) is 11.6 Å². The highest BCUT2D eigenvalue weighted by atomic mass is 19.1. The van der Waals surface area contributed by atoms with Crippen LogP contribution in [0, 0.1) is 17.7 Å². The lowest BCUT2D eigenvalue weighted by molar-refractivity contribution is 0.0521. The number of anilines is 1. The van der Waals surface area contributed by atoms with Gasteiger partial charge in [-0.2, -0.15) is 0 Å². The van der Waals surface area contributed by atoms with Gasteiger partial charge in [-0.3, -0.25) is 4.79 Å². The first-order chi connectivity index (χ1) is 9.66. The van der Waals surface area contributed by atoms with Gasteiger partial charge in [-0.1, -0.05) is 25.3 Å². The molecule has 2 fully saturated rings. The Balaban J connectivity index is 1.76. The van der Waals surface area contributed by atoms with Gasteiger partial charge in [-0.15, -0.1) is 0 Å². The molecule has 0 radical (unpaired) electrons. The third-order valence-electron chi connectivity index (χ3n) is 4.86. The van der Waals surface area contributed by atoms with Gasteiger partial charge in [0.2, 0.25) is 0 Å². The van der Waals surface area contributed by atoms with Crippen LogP contribution < -0.4 is 5.73 Å². The maximum absolute atomic E-state index is 13.5. The molecule has 2 atom stereocenters. The molecule has 2 unspecified atom stereocenters. The molecule has 1 aliphatic carbocycles. The SMILES string of the molecule is Nc1c(F)cccc1C(=O)N1CCC2CCCCC2C1. The number of fused-ring (bicyclic) bond motifs is 1. The van der Waals surface area contributed by atoms with Gasteiger partial charge in [0, 0.05) is 13.1 Å². The van der Waals surface area contributed by atoms with Crippen molar-refractivity contribution in [1.82, 2.24) is 4.90 Å². The maximum atomic E-state index is 13.5. The summed E-state index contributed by atoms with van der Waals surface area (Å²) < 4.78 is 13.5. The van der Waals surface area contributed by atoms with E-state index in [1.807, 2.05) is 4.90 Å². The number of rotatable bonds is 1. The summed E-state index contributed by atoms with van der Waals surface area (Å²) in [6.45, 7) is 1.58. The van der Waals surface area contributed by atoms with E-state index in [2.05, 4.69) is 0 Å². The average Bonchev–Trinajstić information content (AvgIpc) is 2.49. The van der Waals surface area contributed by atoms with Gasteiger partial charge in [-0.25, -0.2) is 4.39 Å². The molecule has 3 nitrogen and oxygen atoms in total. The smallest absolute Gasteiger partial charge is 0.256 e. The second-order valence-electron chi connectivity index (χ2n) is 6.05. The van der Waals surface area contributed by atoms with Gasteiger partial charge in [0.05, 0.1) is 11.3 Å². The molecule has 1 saturated carbocycles. The molecule has 4 heteroatoms. The molecule has 108 valence electrons. The third kappa shape index (κ3) is 2.39. The van der Waals surface area contributed by atoms with Crippen LogP contribution in [-0.2, 0) is 0 Å². The Morgan fingerprint density at radius 1 is 1.20 bits per heavy atom. The Labute approximate surface area is 118 Å². The lowest BCUT2D eigenvalue weighted by Crippen LogP contribution is -2.45. The molecule has 1 aromatic carbocycles. The zero-order chi connectivity index (χ0) is 14.1. The average molecular weight is 276 g/mol. The molecule has 1 aliphatic heterocycles. The quantitative estimate of drug-likeness (QED) is 0.801. The van der Waals surface area contributed by atoms with Gasteiger partial charge >= 0.3 is 0 Å². The van der Waals surface area contributed by atoms with Crippen molar-refractivity contribution < 1.29 is 9.18 Å². The molecule has 20 heavy (non-hydrogen) atoms. The van der Waals surface area contributed by atoms with Crippen LogP contribution in [0.15, 0.2) is 18.2 Å². The number of halogens is 1. The summed E-state index contributed by atoms with van der Waals surface area (Å²) in [6, 6.07) is 4.46. The van der Waals surface area contributed by atoms with Crippen molar-refractivity contribution in [3.63, 3.8) is 0 Å². The number of amides is 1. The van der Waals surface area contributed by atoms with E-state index in [1.165, 1.54) is 31.7 Å². The number of benzene rings is 1. The summed E-state index contributed by atoms with van der Waals surface area (Å²) in [6.07, 6.45) is 6.19. The molecule has 3 rings (SSSR count). The number of piperidine rings is 1. The van der Waals surface area contributed by atoms with E-state index in [4.69, 9.17) is 5.73 Å². The standard InChI is InChI=1S/C16H21FN2O/c17-14-7-3-6-13(15(14)18)16(20)19-9-8-11-4-1-2-5-12(11)10-19/h3,6-7,11-12H,1-2,4-5,8-10,18H2. The highest BCUT2D eigenvalue weighted by molar-refractivity contribution is 5.99. The summed E-state index contributed by atoms with van der Waals surface area (Å²) in [7, 11) is 0. The van der Waals surface area contributed by atoms with Gasteiger partial charge < -0.3 is 10.6 Å². The number of hydrogen-bond acceptors (Lipinski definition) is 2. The second-order valence-corrected chi connectivity index (χ2v) is 6.05. The van der Waals surface area contributed by atoms with Crippen molar-refractivity contribution in [3.8, 4) is 0 Å². The minimum absolute atomic E-state index is 0.0248. The molecule has 0 bridgehead atoms. The summed E-state index contributed by atoms with van der Waals surface area (Å²) in [5.74, 6) is 0.767. The molecular weight excluding hydrogens is 255 g/mol. The van der Waals surface area contributed by atoms with E-state index >= 15 is 0 Å². The molecule has 2 N–H and O–H groups in total. The Bertz CT molecular complexity index is 517. The fourth-order valence-corrected chi connectivity index (χ4v) is 3.68. The first-order valence-corrected chi connectivity index (χ1v) is 7.50. The van der Waals surface area contributed by atoms with Crippen LogP contribution in [0.2, 0.25) is 0 Å². The molecule has 1 saturated heterocycles. The lowest BCUT2D eigenvalue weighted by atomic mass is 9.75. The maximum Gasteiger partial charge on any atom is 0.256 e. The van der Waals surface area contributed by atoms with E-state index in [0.29, 0.717) is 11.5 Å². The van der Waals surface area contributed by atoms with Crippen molar-refractivity contribution in [2.45, 2.75) is 32.1 Å². The van der Waals surface area contributed by atoms with E-state index < -0.39 is 5.82 Å². The predicted molar refractivity (Wildman–Crippen MR) is 76.8 cm³/mol. The summed E-state index contributed by atoms with van der Waals surface area (Å²) >= 11 is 0. The summed E-state index contributed by atoms with van der Waals surface area (Å²) in [5.41, 5.74) is 5.98. The Morgan fingerprint density at radius 3 is 2.75 bits per heavy atom. The molecular formula is C16H21FN2O. The Morgan fingerprint density at radius 2 is 1.95 bits per heavy atom.